The first kappa shape index (κ1) is 14.6. The number of carbonyl (C=O) groups excluding carboxylic acids is 1. The number of carbonyl (C=O) groups is 1. The number of sulfonamides is 1. The SMILES string of the molecule is CNS(=O)(=O)c1ccc(C)c(NC(=O)CCN)c1. The highest BCUT2D eigenvalue weighted by molar-refractivity contribution is 7.89. The number of nitrogens with one attached hydrogen (secondary N) is 2. The summed E-state index contributed by atoms with van der Waals surface area (Å²) >= 11 is 0. The van der Waals surface area contributed by atoms with Crippen LogP contribution in [-0.4, -0.2) is 27.9 Å². The summed E-state index contributed by atoms with van der Waals surface area (Å²) < 4.78 is 25.5. The number of rotatable bonds is 5. The van der Waals surface area contributed by atoms with Crippen LogP contribution < -0.4 is 15.8 Å². The summed E-state index contributed by atoms with van der Waals surface area (Å²) in [5.41, 5.74) is 6.54. The molecule has 1 aromatic rings. The maximum absolute atomic E-state index is 11.6. The predicted octanol–water partition coefficient (Wildman–Crippen LogP) is 0.190. The fourth-order valence-corrected chi connectivity index (χ4v) is 2.12. The molecule has 1 aromatic carbocycles. The molecule has 0 radical (unpaired) electrons. The molecule has 0 heterocycles. The lowest BCUT2D eigenvalue weighted by molar-refractivity contribution is -0.116. The van der Waals surface area contributed by atoms with Crippen molar-refractivity contribution in [3.05, 3.63) is 23.8 Å². The van der Waals surface area contributed by atoms with Crippen molar-refractivity contribution in [2.75, 3.05) is 18.9 Å². The monoisotopic (exact) mass is 271 g/mol. The first-order valence-electron chi connectivity index (χ1n) is 5.45. The maximum atomic E-state index is 11.6. The Balaban J connectivity index is 3.06. The molecule has 0 spiro atoms. The van der Waals surface area contributed by atoms with Crippen LogP contribution >= 0.6 is 0 Å². The molecule has 1 amide bonds. The molecule has 4 N–H and O–H groups in total. The molecule has 0 aliphatic carbocycles. The number of benzene rings is 1. The Labute approximate surface area is 107 Å². The topological polar surface area (TPSA) is 101 Å². The third-order valence-corrected chi connectivity index (χ3v) is 3.85. The van der Waals surface area contributed by atoms with E-state index in [4.69, 9.17) is 5.73 Å². The molecule has 100 valence electrons. The summed E-state index contributed by atoms with van der Waals surface area (Å²) in [7, 11) is -2.18. The van der Waals surface area contributed by atoms with Gasteiger partial charge in [-0.25, -0.2) is 13.1 Å². The predicted molar refractivity (Wildman–Crippen MR) is 69.7 cm³/mol. The molecular weight excluding hydrogens is 254 g/mol. The van der Waals surface area contributed by atoms with Gasteiger partial charge in [0.05, 0.1) is 4.90 Å². The van der Waals surface area contributed by atoms with E-state index in [1.807, 2.05) is 0 Å². The van der Waals surface area contributed by atoms with E-state index in [0.29, 0.717) is 5.69 Å². The van der Waals surface area contributed by atoms with Gasteiger partial charge in [0.2, 0.25) is 15.9 Å². The Kier molecular flexibility index (Phi) is 4.83. The summed E-state index contributed by atoms with van der Waals surface area (Å²) in [6, 6.07) is 4.55. The van der Waals surface area contributed by atoms with Gasteiger partial charge in [0.15, 0.2) is 0 Å². The van der Waals surface area contributed by atoms with Crippen LogP contribution in [0.25, 0.3) is 0 Å². The van der Waals surface area contributed by atoms with Crippen molar-refractivity contribution in [2.45, 2.75) is 18.2 Å². The highest BCUT2D eigenvalue weighted by Gasteiger charge is 2.13. The Morgan fingerprint density at radius 1 is 1.39 bits per heavy atom. The number of anilines is 1. The Morgan fingerprint density at radius 2 is 2.06 bits per heavy atom. The third-order valence-electron chi connectivity index (χ3n) is 2.43. The van der Waals surface area contributed by atoms with E-state index < -0.39 is 10.0 Å². The van der Waals surface area contributed by atoms with Crippen LogP contribution in [0.3, 0.4) is 0 Å². The average molecular weight is 271 g/mol. The number of nitrogens with two attached hydrogens (primary N) is 1. The summed E-state index contributed by atoms with van der Waals surface area (Å²) in [6.45, 7) is 2.03. The first-order valence-corrected chi connectivity index (χ1v) is 6.93. The van der Waals surface area contributed by atoms with Crippen molar-refractivity contribution in [1.29, 1.82) is 0 Å². The van der Waals surface area contributed by atoms with Crippen LogP contribution in [0.1, 0.15) is 12.0 Å². The van der Waals surface area contributed by atoms with E-state index in [1.54, 1.807) is 13.0 Å². The summed E-state index contributed by atoms with van der Waals surface area (Å²) in [4.78, 5) is 11.5. The van der Waals surface area contributed by atoms with Gasteiger partial charge in [-0.2, -0.15) is 0 Å². The molecule has 0 aliphatic rings. The van der Waals surface area contributed by atoms with Crippen molar-refractivity contribution < 1.29 is 13.2 Å². The zero-order valence-electron chi connectivity index (χ0n) is 10.4. The maximum Gasteiger partial charge on any atom is 0.240 e. The minimum absolute atomic E-state index is 0.110. The fourth-order valence-electron chi connectivity index (χ4n) is 1.36. The quantitative estimate of drug-likeness (QED) is 0.711. The van der Waals surface area contributed by atoms with E-state index in [2.05, 4.69) is 10.0 Å². The second-order valence-corrected chi connectivity index (χ2v) is 5.66. The van der Waals surface area contributed by atoms with Crippen molar-refractivity contribution in [3.63, 3.8) is 0 Å². The van der Waals surface area contributed by atoms with Crippen LogP contribution in [0.4, 0.5) is 5.69 Å². The van der Waals surface area contributed by atoms with Crippen LogP contribution in [0.5, 0.6) is 0 Å². The molecule has 0 saturated carbocycles. The van der Waals surface area contributed by atoms with E-state index in [-0.39, 0.29) is 23.8 Å². The van der Waals surface area contributed by atoms with Crippen LogP contribution in [-0.2, 0) is 14.8 Å². The molecule has 7 heteroatoms. The Morgan fingerprint density at radius 3 is 2.61 bits per heavy atom. The zero-order valence-corrected chi connectivity index (χ0v) is 11.2. The van der Waals surface area contributed by atoms with Crippen molar-refractivity contribution >= 4 is 21.6 Å². The fraction of sp³-hybridized carbons (Fsp3) is 0.364. The number of amides is 1. The van der Waals surface area contributed by atoms with Gasteiger partial charge in [-0.1, -0.05) is 6.07 Å². The highest BCUT2D eigenvalue weighted by Crippen LogP contribution is 2.20. The lowest BCUT2D eigenvalue weighted by Gasteiger charge is -2.10. The molecule has 18 heavy (non-hydrogen) atoms. The molecule has 0 fully saturated rings. The van der Waals surface area contributed by atoms with Crippen LogP contribution in [0, 0.1) is 6.92 Å². The largest absolute Gasteiger partial charge is 0.330 e. The van der Waals surface area contributed by atoms with E-state index in [0.717, 1.165) is 5.56 Å². The van der Waals surface area contributed by atoms with E-state index in [1.165, 1.54) is 19.2 Å². The Bertz CT molecular complexity index is 540. The zero-order chi connectivity index (χ0) is 13.8. The van der Waals surface area contributed by atoms with Crippen LogP contribution in [0.15, 0.2) is 23.1 Å². The number of hydrogen-bond donors (Lipinski definition) is 3. The molecule has 0 unspecified atom stereocenters. The summed E-state index contributed by atoms with van der Waals surface area (Å²) in [6.07, 6.45) is 0.197. The van der Waals surface area contributed by atoms with Gasteiger partial charge < -0.3 is 11.1 Å². The van der Waals surface area contributed by atoms with Crippen molar-refractivity contribution in [1.82, 2.24) is 4.72 Å². The lowest BCUT2D eigenvalue weighted by Crippen LogP contribution is -2.20. The molecule has 0 bridgehead atoms. The molecule has 0 saturated heterocycles. The molecule has 6 nitrogen and oxygen atoms in total. The van der Waals surface area contributed by atoms with Crippen molar-refractivity contribution in [2.24, 2.45) is 5.73 Å². The summed E-state index contributed by atoms with van der Waals surface area (Å²) in [5.74, 6) is -0.236. The second kappa shape index (κ2) is 5.94. The molecule has 0 aliphatic heterocycles. The van der Waals surface area contributed by atoms with Crippen LogP contribution in [0.2, 0.25) is 0 Å². The third kappa shape index (κ3) is 3.52. The number of hydrogen-bond acceptors (Lipinski definition) is 4. The van der Waals surface area contributed by atoms with Gasteiger partial charge in [-0.3, -0.25) is 4.79 Å². The smallest absolute Gasteiger partial charge is 0.240 e. The number of aryl methyl sites for hydroxylation is 1. The Hall–Kier alpha value is -1.44. The van der Waals surface area contributed by atoms with Gasteiger partial charge in [0.1, 0.15) is 0 Å². The van der Waals surface area contributed by atoms with Gasteiger partial charge in [-0.15, -0.1) is 0 Å². The molecular formula is C11H17N3O3S. The van der Waals surface area contributed by atoms with Gasteiger partial charge >= 0.3 is 0 Å². The minimum Gasteiger partial charge on any atom is -0.330 e. The molecule has 0 atom stereocenters. The van der Waals surface area contributed by atoms with Crippen molar-refractivity contribution in [3.8, 4) is 0 Å². The molecule has 1 rings (SSSR count). The second-order valence-electron chi connectivity index (χ2n) is 3.77. The van der Waals surface area contributed by atoms with E-state index >= 15 is 0 Å². The normalized spacial score (nSPS) is 11.3. The van der Waals surface area contributed by atoms with Gasteiger partial charge in [0, 0.05) is 18.7 Å². The average Bonchev–Trinajstić information content (AvgIpc) is 2.32. The highest BCUT2D eigenvalue weighted by atomic mass is 32.2. The van der Waals surface area contributed by atoms with Gasteiger partial charge in [0.25, 0.3) is 0 Å². The van der Waals surface area contributed by atoms with Gasteiger partial charge in [-0.05, 0) is 31.7 Å². The van der Waals surface area contributed by atoms with E-state index in [9.17, 15) is 13.2 Å². The summed E-state index contributed by atoms with van der Waals surface area (Å²) in [5, 5.41) is 2.64. The first-order chi connectivity index (χ1) is 8.40. The lowest BCUT2D eigenvalue weighted by atomic mass is 10.2. The standard InChI is InChI=1S/C11H17N3O3S/c1-8-3-4-9(18(16,17)13-2)7-10(8)14-11(15)5-6-12/h3-4,7,13H,5-6,12H2,1-2H3,(H,14,15). The molecule has 0 aromatic heterocycles. The minimum atomic E-state index is -3.51.